The summed E-state index contributed by atoms with van der Waals surface area (Å²) in [6.45, 7) is 14.8. The van der Waals surface area contributed by atoms with Gasteiger partial charge in [0.05, 0.1) is 35.7 Å². The van der Waals surface area contributed by atoms with Gasteiger partial charge in [-0.2, -0.15) is 5.10 Å². The maximum atomic E-state index is 6.89. The van der Waals surface area contributed by atoms with Crippen molar-refractivity contribution in [3.63, 3.8) is 0 Å². The Morgan fingerprint density at radius 2 is 1.93 bits per heavy atom. The van der Waals surface area contributed by atoms with Crippen molar-refractivity contribution in [3.05, 3.63) is 59.8 Å². The number of aromatic nitrogens is 6. The van der Waals surface area contributed by atoms with Crippen molar-refractivity contribution in [2.24, 2.45) is 5.41 Å². The molecule has 0 radical (unpaired) electrons. The van der Waals surface area contributed by atoms with Gasteiger partial charge >= 0.3 is 0 Å². The Kier molecular flexibility index (Phi) is 7.82. The average Bonchev–Trinajstić information content (AvgIpc) is 3.67. The zero-order valence-corrected chi connectivity index (χ0v) is 26.6. The van der Waals surface area contributed by atoms with Gasteiger partial charge in [0.1, 0.15) is 34.4 Å². The van der Waals surface area contributed by atoms with Crippen LogP contribution in [-0.2, 0) is 22.7 Å². The second kappa shape index (κ2) is 11.4. The lowest BCUT2D eigenvalue weighted by Gasteiger charge is -2.21. The molecule has 4 heterocycles. The van der Waals surface area contributed by atoms with E-state index in [9.17, 15) is 0 Å². The second-order valence-corrected chi connectivity index (χ2v) is 18.7. The number of nitrogens with zero attached hydrogens (tertiary/aromatic N) is 6. The molecule has 0 bridgehead atoms. The third-order valence-corrected chi connectivity index (χ3v) is 9.83. The van der Waals surface area contributed by atoms with Gasteiger partial charge in [0.15, 0.2) is 5.75 Å². The Bertz CT molecular complexity index is 1740. The summed E-state index contributed by atoms with van der Waals surface area (Å²) in [4.78, 5) is 14.3. The van der Waals surface area contributed by atoms with Crippen LogP contribution in [0.25, 0.3) is 33.3 Å². The highest BCUT2D eigenvalue weighted by atomic mass is 35.5. The van der Waals surface area contributed by atoms with Gasteiger partial charge in [0, 0.05) is 45.0 Å². The van der Waals surface area contributed by atoms with E-state index in [1.807, 2.05) is 54.3 Å². The summed E-state index contributed by atoms with van der Waals surface area (Å²) in [5.74, 6) is 1.98. The van der Waals surface area contributed by atoms with Crippen molar-refractivity contribution in [2.45, 2.75) is 59.2 Å². The van der Waals surface area contributed by atoms with Gasteiger partial charge < -0.3 is 18.8 Å². The van der Waals surface area contributed by atoms with Crippen LogP contribution in [0.15, 0.2) is 48.9 Å². The first-order chi connectivity index (χ1) is 20.1. The molecule has 1 fully saturated rings. The number of halogens is 1. The number of imidazole rings is 1. The second-order valence-electron chi connectivity index (χ2n) is 12.7. The number of ether oxygens (including phenoxy) is 3. The predicted octanol–water partition coefficient (Wildman–Crippen LogP) is 7.34. The summed E-state index contributed by atoms with van der Waals surface area (Å²) >= 11 is 6.89. The quantitative estimate of drug-likeness (QED) is 0.122. The molecule has 0 spiro atoms. The smallest absolute Gasteiger partial charge is 0.155 e. The summed E-state index contributed by atoms with van der Waals surface area (Å²) in [7, 11) is -1.16. The molecule has 42 heavy (non-hydrogen) atoms. The van der Waals surface area contributed by atoms with Crippen LogP contribution < -0.4 is 4.74 Å². The van der Waals surface area contributed by atoms with Gasteiger partial charge in [0.2, 0.25) is 0 Å². The summed E-state index contributed by atoms with van der Waals surface area (Å²) in [5, 5.41) is 4.96. The Balaban J connectivity index is 1.24. The van der Waals surface area contributed by atoms with Crippen molar-refractivity contribution < 1.29 is 14.2 Å². The van der Waals surface area contributed by atoms with E-state index in [0.717, 1.165) is 61.3 Å². The number of fused-ring (bicyclic) bond motifs is 2. The molecule has 0 saturated carbocycles. The molecule has 0 N–H and O–H groups in total. The molecule has 1 aliphatic heterocycles. The molecule has 3 aromatic heterocycles. The standard InChI is InChI=1S/C31H37ClN6O3Si/c1-21-35-30-25(38(21)20-40-13-14-42(3,4)5)7-6-8-27(30)41-26-10-9-23-29(28(26)32)36-24(16-33-23)22-15-34-37(17-22)18-31(2)11-12-39-19-31/h6-10,15-17H,11-14,18-20H2,1-5H3. The SMILES string of the molecule is Cc1nc2c(Oc3ccc4ncc(-c5cnn(CC6(C)CCOC6)c5)nc4c3Cl)cccc2n1COCC[Si](C)(C)C. The van der Waals surface area contributed by atoms with Gasteiger partial charge in [-0.1, -0.05) is 44.2 Å². The Hall–Kier alpha value is -3.31. The van der Waals surface area contributed by atoms with Crippen LogP contribution in [-0.4, -0.2) is 57.2 Å². The van der Waals surface area contributed by atoms with E-state index in [4.69, 9.17) is 35.8 Å². The van der Waals surface area contributed by atoms with Crippen LogP contribution in [0.1, 0.15) is 19.2 Å². The summed E-state index contributed by atoms with van der Waals surface area (Å²) in [5.41, 5.74) is 4.64. The van der Waals surface area contributed by atoms with E-state index in [0.29, 0.717) is 40.0 Å². The van der Waals surface area contributed by atoms with Gasteiger partial charge in [-0.3, -0.25) is 9.67 Å². The highest BCUT2D eigenvalue weighted by Crippen LogP contribution is 2.37. The number of rotatable bonds is 10. The van der Waals surface area contributed by atoms with Crippen LogP contribution in [0.4, 0.5) is 0 Å². The van der Waals surface area contributed by atoms with E-state index in [1.54, 1.807) is 6.20 Å². The lowest BCUT2D eigenvalue weighted by molar-refractivity contribution is 0.0885. The van der Waals surface area contributed by atoms with E-state index < -0.39 is 8.07 Å². The lowest BCUT2D eigenvalue weighted by atomic mass is 9.90. The van der Waals surface area contributed by atoms with Gasteiger partial charge in [0.25, 0.3) is 0 Å². The highest BCUT2D eigenvalue weighted by molar-refractivity contribution is 6.76. The first-order valence-corrected chi connectivity index (χ1v) is 18.4. The fraction of sp³-hybridized carbons (Fsp3) is 0.419. The van der Waals surface area contributed by atoms with Crippen molar-refractivity contribution in [1.29, 1.82) is 0 Å². The van der Waals surface area contributed by atoms with Gasteiger partial charge in [-0.25, -0.2) is 9.97 Å². The average molecular weight is 605 g/mol. The molecule has 5 aromatic rings. The minimum atomic E-state index is -1.16. The van der Waals surface area contributed by atoms with Gasteiger partial charge in [-0.05, 0) is 43.7 Å². The lowest BCUT2D eigenvalue weighted by Crippen LogP contribution is -2.23. The molecular formula is C31H37ClN6O3Si. The molecule has 1 saturated heterocycles. The zero-order valence-electron chi connectivity index (χ0n) is 24.9. The molecule has 9 nitrogen and oxygen atoms in total. The van der Waals surface area contributed by atoms with Crippen LogP contribution in [0, 0.1) is 12.3 Å². The van der Waals surface area contributed by atoms with Crippen LogP contribution in [0.3, 0.4) is 0 Å². The largest absolute Gasteiger partial charge is 0.453 e. The third kappa shape index (κ3) is 6.08. The van der Waals surface area contributed by atoms with Crippen molar-refractivity contribution >= 4 is 41.7 Å². The van der Waals surface area contributed by atoms with E-state index in [1.165, 1.54) is 0 Å². The maximum absolute atomic E-state index is 6.89. The van der Waals surface area contributed by atoms with Crippen LogP contribution in [0.5, 0.6) is 11.5 Å². The third-order valence-electron chi connectivity index (χ3n) is 7.76. The zero-order chi connectivity index (χ0) is 29.5. The van der Waals surface area contributed by atoms with Crippen molar-refractivity contribution in [1.82, 2.24) is 29.3 Å². The molecule has 1 aliphatic rings. The number of benzene rings is 2. The fourth-order valence-corrected chi connectivity index (χ4v) is 6.18. The number of hydrogen-bond donors (Lipinski definition) is 0. The van der Waals surface area contributed by atoms with Crippen molar-refractivity contribution in [3.8, 4) is 22.8 Å². The molecular weight excluding hydrogens is 568 g/mol. The monoisotopic (exact) mass is 604 g/mol. The number of hydrogen-bond acceptors (Lipinski definition) is 7. The Morgan fingerprint density at radius 1 is 1.07 bits per heavy atom. The fourth-order valence-electron chi connectivity index (χ4n) is 5.19. The topological polar surface area (TPSA) is 89.1 Å². The Labute approximate surface area is 251 Å². The first kappa shape index (κ1) is 28.8. The van der Waals surface area contributed by atoms with E-state index in [-0.39, 0.29) is 5.41 Å². The van der Waals surface area contributed by atoms with Gasteiger partial charge in [-0.15, -0.1) is 0 Å². The molecule has 0 aliphatic carbocycles. The Morgan fingerprint density at radius 3 is 2.71 bits per heavy atom. The molecule has 6 rings (SSSR count). The summed E-state index contributed by atoms with van der Waals surface area (Å²) in [6.07, 6.45) is 6.60. The van der Waals surface area contributed by atoms with E-state index in [2.05, 4.69) is 41.2 Å². The molecule has 1 unspecified atom stereocenters. The highest BCUT2D eigenvalue weighted by Gasteiger charge is 2.30. The summed E-state index contributed by atoms with van der Waals surface area (Å²) in [6, 6.07) is 10.7. The first-order valence-electron chi connectivity index (χ1n) is 14.4. The normalized spacial score (nSPS) is 17.5. The molecule has 220 valence electrons. The predicted molar refractivity (Wildman–Crippen MR) is 168 cm³/mol. The minimum Gasteiger partial charge on any atom is -0.453 e. The summed E-state index contributed by atoms with van der Waals surface area (Å²) < 4.78 is 22.0. The van der Waals surface area contributed by atoms with Crippen LogP contribution in [0.2, 0.25) is 30.7 Å². The van der Waals surface area contributed by atoms with E-state index >= 15 is 0 Å². The molecule has 2 aromatic carbocycles. The molecule has 11 heteroatoms. The molecule has 0 amide bonds. The molecule has 1 atom stereocenters. The number of para-hydroxylation sites is 1. The minimum absolute atomic E-state index is 0.0891. The maximum Gasteiger partial charge on any atom is 0.155 e. The number of aryl methyl sites for hydroxylation is 1. The van der Waals surface area contributed by atoms with Crippen LogP contribution >= 0.6 is 11.6 Å². The van der Waals surface area contributed by atoms with Crippen molar-refractivity contribution in [2.75, 3.05) is 19.8 Å².